The van der Waals surface area contributed by atoms with E-state index >= 15 is 0 Å². The average molecular weight is 537 g/mol. The van der Waals surface area contributed by atoms with Crippen molar-refractivity contribution in [2.45, 2.75) is 43.9 Å². The number of H-pyrrole nitrogens is 1. The molecule has 3 N–H and O–H groups in total. The van der Waals surface area contributed by atoms with Crippen LogP contribution in [0.15, 0.2) is 85.1 Å². The molecule has 8 heteroatoms. The Hall–Kier alpha value is -4.59. The summed E-state index contributed by atoms with van der Waals surface area (Å²) in [6, 6.07) is 24.2. The first-order chi connectivity index (χ1) is 19.5. The number of para-hydroxylation sites is 1. The van der Waals surface area contributed by atoms with Crippen LogP contribution in [0.1, 0.15) is 35.1 Å². The number of hydrogen-bond donors (Lipinski definition) is 3. The highest BCUT2D eigenvalue weighted by Crippen LogP contribution is 2.37. The van der Waals surface area contributed by atoms with Crippen LogP contribution in [-0.2, 0) is 39.3 Å². The number of rotatable bonds is 6. The molecule has 0 bridgehead atoms. The molecule has 204 valence electrons. The lowest BCUT2D eigenvalue weighted by molar-refractivity contribution is -0.147. The topological polar surface area (TPSA) is 104 Å². The minimum Gasteiger partial charge on any atom is -0.459 e. The SMILES string of the molecule is O=C1Cc2ccccc2C2(CCN(C(=O)N[C@@H](Cc3c[nH]c4ccccc34)C(=O)OCc3ccccc3)CC2)N1. The van der Waals surface area contributed by atoms with Gasteiger partial charge in [0.05, 0.1) is 12.0 Å². The number of carbonyl (C=O) groups is 3. The summed E-state index contributed by atoms with van der Waals surface area (Å²) in [6.45, 7) is 1.05. The molecule has 3 amide bonds. The Morgan fingerprint density at radius 1 is 0.950 bits per heavy atom. The number of piperidine rings is 1. The number of carbonyl (C=O) groups excluding carboxylic acids is 3. The fourth-order valence-corrected chi connectivity index (χ4v) is 5.96. The van der Waals surface area contributed by atoms with Gasteiger partial charge in [-0.15, -0.1) is 0 Å². The number of amides is 3. The summed E-state index contributed by atoms with van der Waals surface area (Å²) in [7, 11) is 0. The highest BCUT2D eigenvalue weighted by molar-refractivity contribution is 5.87. The number of ether oxygens (including phenoxy) is 1. The minimum absolute atomic E-state index is 0.0107. The molecule has 1 fully saturated rings. The lowest BCUT2D eigenvalue weighted by atomic mass is 9.75. The zero-order chi connectivity index (χ0) is 27.5. The van der Waals surface area contributed by atoms with Crippen molar-refractivity contribution in [2.24, 2.45) is 0 Å². The Bertz CT molecular complexity index is 1540. The van der Waals surface area contributed by atoms with Crippen LogP contribution in [0, 0.1) is 0 Å². The van der Waals surface area contributed by atoms with Crippen LogP contribution in [0.5, 0.6) is 0 Å². The molecule has 0 unspecified atom stereocenters. The van der Waals surface area contributed by atoms with Gasteiger partial charge in [0.25, 0.3) is 0 Å². The number of benzene rings is 3. The van der Waals surface area contributed by atoms with Crippen LogP contribution in [0.3, 0.4) is 0 Å². The number of aromatic nitrogens is 1. The third-order valence-corrected chi connectivity index (χ3v) is 8.07. The molecule has 0 saturated carbocycles. The highest BCUT2D eigenvalue weighted by atomic mass is 16.5. The Labute approximate surface area is 232 Å². The third-order valence-electron chi connectivity index (χ3n) is 8.07. The smallest absolute Gasteiger partial charge is 0.329 e. The molecule has 1 aromatic heterocycles. The number of likely N-dealkylation sites (tertiary alicyclic amines) is 1. The summed E-state index contributed by atoms with van der Waals surface area (Å²) in [5, 5.41) is 7.17. The minimum atomic E-state index is -0.860. The summed E-state index contributed by atoms with van der Waals surface area (Å²) >= 11 is 0. The first-order valence-corrected chi connectivity index (χ1v) is 13.7. The van der Waals surface area contributed by atoms with Crippen LogP contribution < -0.4 is 10.6 Å². The van der Waals surface area contributed by atoms with Gasteiger partial charge in [0, 0.05) is 36.6 Å². The van der Waals surface area contributed by atoms with Crippen molar-refractivity contribution >= 4 is 28.8 Å². The number of nitrogens with one attached hydrogen (secondary N) is 3. The summed E-state index contributed by atoms with van der Waals surface area (Å²) in [4.78, 5) is 44.2. The molecule has 2 aliphatic heterocycles. The van der Waals surface area contributed by atoms with E-state index in [2.05, 4.69) is 21.7 Å². The van der Waals surface area contributed by atoms with Crippen LogP contribution in [0.2, 0.25) is 0 Å². The predicted octanol–water partition coefficient (Wildman–Crippen LogP) is 4.20. The van der Waals surface area contributed by atoms with Crippen molar-refractivity contribution in [3.63, 3.8) is 0 Å². The first kappa shape index (κ1) is 25.7. The molecule has 4 aromatic rings. The monoisotopic (exact) mass is 536 g/mol. The second kappa shape index (κ2) is 10.9. The average Bonchev–Trinajstić information content (AvgIpc) is 3.39. The number of esters is 1. The maximum atomic E-state index is 13.5. The predicted molar refractivity (Wildman–Crippen MR) is 151 cm³/mol. The van der Waals surface area contributed by atoms with Crippen LogP contribution in [0.4, 0.5) is 4.79 Å². The maximum Gasteiger partial charge on any atom is 0.329 e. The van der Waals surface area contributed by atoms with Gasteiger partial charge in [-0.2, -0.15) is 0 Å². The Morgan fingerprint density at radius 3 is 2.50 bits per heavy atom. The quantitative estimate of drug-likeness (QED) is 0.322. The number of nitrogens with zero attached hydrogens (tertiary/aromatic N) is 1. The Morgan fingerprint density at radius 2 is 1.68 bits per heavy atom. The summed E-state index contributed by atoms with van der Waals surface area (Å²) in [5.41, 5.74) is 4.48. The zero-order valence-electron chi connectivity index (χ0n) is 22.2. The number of urea groups is 1. The van der Waals surface area contributed by atoms with Gasteiger partial charge < -0.3 is 25.3 Å². The van der Waals surface area contributed by atoms with Crippen molar-refractivity contribution in [1.82, 2.24) is 20.5 Å². The van der Waals surface area contributed by atoms with Gasteiger partial charge in [-0.05, 0) is 41.2 Å². The van der Waals surface area contributed by atoms with Crippen molar-refractivity contribution in [3.05, 3.63) is 107 Å². The fraction of sp³-hybridized carbons (Fsp3) is 0.281. The van der Waals surface area contributed by atoms with Crippen molar-refractivity contribution in [3.8, 4) is 0 Å². The van der Waals surface area contributed by atoms with E-state index in [0.29, 0.717) is 38.8 Å². The molecule has 1 saturated heterocycles. The van der Waals surface area contributed by atoms with E-state index in [4.69, 9.17) is 4.74 Å². The van der Waals surface area contributed by atoms with E-state index < -0.39 is 17.6 Å². The lowest BCUT2D eigenvalue weighted by Crippen LogP contribution is -2.59. The first-order valence-electron chi connectivity index (χ1n) is 13.7. The summed E-state index contributed by atoms with van der Waals surface area (Å²) in [6.07, 6.45) is 3.76. The molecule has 40 heavy (non-hydrogen) atoms. The summed E-state index contributed by atoms with van der Waals surface area (Å²) < 4.78 is 5.65. The fourth-order valence-electron chi connectivity index (χ4n) is 5.96. The van der Waals surface area contributed by atoms with Crippen molar-refractivity contribution < 1.29 is 19.1 Å². The molecule has 0 aliphatic carbocycles. The molecule has 3 heterocycles. The standard InChI is InChI=1S/C32H32N4O4/c37-29-19-23-10-4-6-12-26(23)32(35-29)14-16-36(17-15-32)31(39)34-28(30(38)40-21-22-8-2-1-3-9-22)18-24-20-33-27-13-7-5-11-25(24)27/h1-13,20,28,33H,14-19,21H2,(H,34,39)(H,35,37)/t28-/m0/s1. The van der Waals surface area contributed by atoms with Gasteiger partial charge >= 0.3 is 12.0 Å². The highest BCUT2D eigenvalue weighted by Gasteiger charge is 2.42. The molecule has 3 aromatic carbocycles. The number of aromatic amines is 1. The second-order valence-corrected chi connectivity index (χ2v) is 10.6. The normalized spacial score (nSPS) is 16.7. The Balaban J connectivity index is 1.16. The Kier molecular flexibility index (Phi) is 6.99. The van der Waals surface area contributed by atoms with Crippen LogP contribution in [-0.4, -0.2) is 46.9 Å². The molecule has 6 rings (SSSR count). The van der Waals surface area contributed by atoms with Gasteiger partial charge in [-0.25, -0.2) is 9.59 Å². The van der Waals surface area contributed by atoms with Gasteiger partial charge in [-0.1, -0.05) is 72.8 Å². The van der Waals surface area contributed by atoms with E-state index in [1.54, 1.807) is 4.90 Å². The molecule has 1 spiro atoms. The van der Waals surface area contributed by atoms with Gasteiger partial charge in [-0.3, -0.25) is 4.79 Å². The zero-order valence-corrected chi connectivity index (χ0v) is 22.2. The number of hydrogen-bond acceptors (Lipinski definition) is 4. The largest absolute Gasteiger partial charge is 0.459 e. The third kappa shape index (κ3) is 5.17. The molecular formula is C32H32N4O4. The van der Waals surface area contributed by atoms with Crippen LogP contribution >= 0.6 is 0 Å². The molecule has 0 radical (unpaired) electrons. The van der Waals surface area contributed by atoms with Gasteiger partial charge in [0.2, 0.25) is 5.91 Å². The van der Waals surface area contributed by atoms with Gasteiger partial charge in [0.15, 0.2) is 0 Å². The van der Waals surface area contributed by atoms with E-state index in [1.807, 2.05) is 79.0 Å². The lowest BCUT2D eigenvalue weighted by Gasteiger charge is -2.45. The molecule has 2 aliphatic rings. The van der Waals surface area contributed by atoms with Crippen LogP contribution in [0.25, 0.3) is 10.9 Å². The van der Waals surface area contributed by atoms with Gasteiger partial charge in [0.1, 0.15) is 12.6 Å². The van der Waals surface area contributed by atoms with E-state index in [9.17, 15) is 14.4 Å². The van der Waals surface area contributed by atoms with Crippen molar-refractivity contribution in [1.29, 1.82) is 0 Å². The van der Waals surface area contributed by atoms with E-state index in [1.165, 1.54) is 0 Å². The molecular weight excluding hydrogens is 504 g/mol. The van der Waals surface area contributed by atoms with Crippen molar-refractivity contribution in [2.75, 3.05) is 13.1 Å². The van der Waals surface area contributed by atoms with E-state index in [0.717, 1.165) is 33.2 Å². The molecule has 8 nitrogen and oxygen atoms in total. The maximum absolute atomic E-state index is 13.5. The second-order valence-electron chi connectivity index (χ2n) is 10.6. The number of fused-ring (bicyclic) bond motifs is 3. The molecule has 1 atom stereocenters. The summed E-state index contributed by atoms with van der Waals surface area (Å²) in [5.74, 6) is -0.471. The van der Waals surface area contributed by atoms with E-state index in [-0.39, 0.29) is 18.5 Å².